The summed E-state index contributed by atoms with van der Waals surface area (Å²) in [5.74, 6) is 0.455. The Bertz CT molecular complexity index is 869. The number of fused-ring (bicyclic) bond motifs is 1. The molecule has 1 saturated heterocycles. The van der Waals surface area contributed by atoms with Crippen LogP contribution in [0.2, 0.25) is 0 Å². The molecule has 0 radical (unpaired) electrons. The molecule has 26 heavy (non-hydrogen) atoms. The van der Waals surface area contributed by atoms with Crippen molar-refractivity contribution in [2.24, 2.45) is 0 Å². The second kappa shape index (κ2) is 6.85. The molecule has 0 unspecified atom stereocenters. The van der Waals surface area contributed by atoms with E-state index in [-0.39, 0.29) is 11.3 Å². The number of hydrogen-bond donors (Lipinski definition) is 4. The molecule has 2 aromatic heterocycles. The molecule has 0 saturated carbocycles. The summed E-state index contributed by atoms with van der Waals surface area (Å²) in [6.45, 7) is 0.894. The zero-order valence-electron chi connectivity index (χ0n) is 14.5. The molecule has 0 amide bonds. The van der Waals surface area contributed by atoms with Crippen molar-refractivity contribution in [2.75, 3.05) is 25.6 Å². The molecule has 0 aliphatic carbocycles. The molecule has 11 nitrogen and oxygen atoms in total. The lowest BCUT2D eigenvalue weighted by molar-refractivity contribution is -0.251. The number of nitrogens with zero attached hydrogens (tertiary/aromatic N) is 5. The zero-order chi connectivity index (χ0) is 19.2. The second-order valence-electron chi connectivity index (χ2n) is 6.36. The first-order valence-electron chi connectivity index (χ1n) is 7.99. The third kappa shape index (κ3) is 2.83. The van der Waals surface area contributed by atoms with Crippen LogP contribution in [0, 0.1) is 6.92 Å². The van der Waals surface area contributed by atoms with E-state index in [1.54, 1.807) is 19.0 Å². The Hall–Kier alpha value is -2.18. The highest BCUT2D eigenvalue weighted by Gasteiger charge is 2.45. The molecule has 1 aliphatic heterocycles. The van der Waals surface area contributed by atoms with Crippen molar-refractivity contribution in [3.8, 4) is 0 Å². The Kier molecular flexibility index (Phi) is 4.90. The van der Waals surface area contributed by atoms with Crippen molar-refractivity contribution in [2.45, 2.75) is 37.6 Å². The molecule has 142 valence electrons. The first-order valence-corrected chi connectivity index (χ1v) is 7.99. The van der Waals surface area contributed by atoms with Crippen LogP contribution >= 0.6 is 0 Å². The second-order valence-corrected chi connectivity index (χ2v) is 6.36. The van der Waals surface area contributed by atoms with Gasteiger partial charge in [-0.25, -0.2) is 15.0 Å². The molecule has 3 rings (SSSR count). The van der Waals surface area contributed by atoms with E-state index in [1.165, 1.54) is 13.3 Å². The number of aliphatic hydroxyl groups is 4. The monoisotopic (exact) mass is 367 g/mol. The molecular weight excluding hydrogens is 346 g/mol. The molecule has 0 aromatic carbocycles. The summed E-state index contributed by atoms with van der Waals surface area (Å²) in [5.41, 5.74) is -0.0483. The van der Waals surface area contributed by atoms with Crippen molar-refractivity contribution in [3.05, 3.63) is 22.4 Å². The summed E-state index contributed by atoms with van der Waals surface area (Å²) in [5, 5.41) is 39.7. The molecule has 5 atom stereocenters. The first kappa shape index (κ1) is 18.6. The minimum Gasteiger partial charge on any atom is -0.394 e. The van der Waals surface area contributed by atoms with Crippen molar-refractivity contribution in [3.63, 3.8) is 0 Å². The van der Waals surface area contributed by atoms with E-state index in [2.05, 4.69) is 15.0 Å². The van der Waals surface area contributed by atoms with Gasteiger partial charge in [0.15, 0.2) is 17.7 Å². The van der Waals surface area contributed by atoms with Gasteiger partial charge in [-0.05, 0) is 6.92 Å². The van der Waals surface area contributed by atoms with Crippen molar-refractivity contribution in [1.29, 1.82) is 0 Å². The fourth-order valence-electron chi connectivity index (χ4n) is 2.98. The number of aromatic nitrogens is 4. The molecule has 11 heteroatoms. The van der Waals surface area contributed by atoms with Gasteiger partial charge in [0.25, 0.3) is 5.56 Å². The van der Waals surface area contributed by atoms with Crippen LogP contribution in [-0.4, -0.2) is 85.1 Å². The van der Waals surface area contributed by atoms with E-state index in [0.717, 1.165) is 4.57 Å². The van der Waals surface area contributed by atoms with Crippen LogP contribution in [0.4, 0.5) is 5.82 Å². The van der Waals surface area contributed by atoms with Gasteiger partial charge in [-0.1, -0.05) is 0 Å². The molecular formula is C15H21N5O6. The average molecular weight is 367 g/mol. The van der Waals surface area contributed by atoms with Crippen LogP contribution in [0.3, 0.4) is 0 Å². The maximum Gasteiger partial charge on any atom is 0.275 e. The Morgan fingerprint density at radius 1 is 1.19 bits per heavy atom. The number of ether oxygens (including phenoxy) is 1. The highest BCUT2D eigenvalue weighted by Crippen LogP contribution is 2.30. The van der Waals surface area contributed by atoms with Gasteiger partial charge in [-0.3, -0.25) is 9.36 Å². The topological polar surface area (TPSA) is 154 Å². The standard InChI is InChI=1S/C15H21N5O6/c1-6-14(25)20(13-8(18-6)12(19(2)3)16-5-17-13)15-11(24)10(23)9(22)7(4-21)26-15/h5,7,9-11,15,21-24H,4H2,1-3H3/t7-,9-,10+,11-,15-/m1/s1. The molecule has 0 spiro atoms. The van der Waals surface area contributed by atoms with E-state index in [0.29, 0.717) is 11.3 Å². The van der Waals surface area contributed by atoms with E-state index >= 15 is 0 Å². The van der Waals surface area contributed by atoms with Crippen molar-refractivity contribution < 1.29 is 25.2 Å². The lowest BCUT2D eigenvalue weighted by atomic mass is 9.98. The van der Waals surface area contributed by atoms with Gasteiger partial charge in [0.05, 0.1) is 6.61 Å². The van der Waals surface area contributed by atoms with Crippen molar-refractivity contribution in [1.82, 2.24) is 19.5 Å². The third-order valence-electron chi connectivity index (χ3n) is 4.36. The minimum atomic E-state index is -1.62. The Morgan fingerprint density at radius 2 is 1.88 bits per heavy atom. The molecule has 1 fully saturated rings. The van der Waals surface area contributed by atoms with E-state index in [9.17, 15) is 25.2 Å². The molecule has 1 aliphatic rings. The van der Waals surface area contributed by atoms with E-state index in [4.69, 9.17) is 4.74 Å². The highest BCUT2D eigenvalue weighted by molar-refractivity contribution is 5.82. The SMILES string of the molecule is Cc1nc2c(N(C)C)ncnc2n([C@@H]2O[C@H](CO)[C@@H](O)[C@H](O)[C@H]2O)c1=O. The van der Waals surface area contributed by atoms with E-state index in [1.807, 2.05) is 0 Å². The number of anilines is 1. The summed E-state index contributed by atoms with van der Waals surface area (Å²) < 4.78 is 6.58. The fourth-order valence-corrected chi connectivity index (χ4v) is 2.98. The summed E-state index contributed by atoms with van der Waals surface area (Å²) >= 11 is 0. The van der Waals surface area contributed by atoms with Crippen LogP contribution in [-0.2, 0) is 4.74 Å². The predicted molar refractivity (Wildman–Crippen MR) is 89.7 cm³/mol. The quantitative estimate of drug-likeness (QED) is 0.459. The summed E-state index contributed by atoms with van der Waals surface area (Å²) in [6, 6.07) is 0. The van der Waals surface area contributed by atoms with Gasteiger partial charge in [0, 0.05) is 14.1 Å². The van der Waals surface area contributed by atoms with E-state index < -0.39 is 42.8 Å². The summed E-state index contributed by atoms with van der Waals surface area (Å²) in [7, 11) is 3.50. The number of rotatable bonds is 3. The van der Waals surface area contributed by atoms with Crippen LogP contribution < -0.4 is 10.5 Å². The normalized spacial score (nSPS) is 29.1. The molecule has 3 heterocycles. The van der Waals surface area contributed by atoms with Gasteiger partial charge in [-0.2, -0.15) is 0 Å². The minimum absolute atomic E-state index is 0.101. The van der Waals surface area contributed by atoms with Gasteiger partial charge in [-0.15, -0.1) is 0 Å². The van der Waals surface area contributed by atoms with Crippen molar-refractivity contribution >= 4 is 17.0 Å². The van der Waals surface area contributed by atoms with Crippen LogP contribution in [0.25, 0.3) is 11.2 Å². The summed E-state index contributed by atoms with van der Waals surface area (Å²) in [6.07, 6.45) is -6.03. The predicted octanol–water partition coefficient (Wildman–Crippen LogP) is -2.47. The Labute approximate surface area is 148 Å². The van der Waals surface area contributed by atoms with Crippen LogP contribution in [0.1, 0.15) is 11.9 Å². The number of aliphatic hydroxyl groups excluding tert-OH is 4. The molecule has 0 bridgehead atoms. The molecule has 2 aromatic rings. The van der Waals surface area contributed by atoms with Gasteiger partial charge in [0.2, 0.25) is 0 Å². The van der Waals surface area contributed by atoms with Crippen LogP contribution in [0.5, 0.6) is 0 Å². The largest absolute Gasteiger partial charge is 0.394 e. The van der Waals surface area contributed by atoms with Gasteiger partial charge < -0.3 is 30.1 Å². The average Bonchev–Trinajstić information content (AvgIpc) is 2.61. The Morgan fingerprint density at radius 3 is 2.50 bits per heavy atom. The maximum absolute atomic E-state index is 12.7. The number of aryl methyl sites for hydroxylation is 1. The smallest absolute Gasteiger partial charge is 0.275 e. The first-order chi connectivity index (χ1) is 12.3. The fraction of sp³-hybridized carbons (Fsp3) is 0.600. The maximum atomic E-state index is 12.7. The highest BCUT2D eigenvalue weighted by atomic mass is 16.6. The zero-order valence-corrected chi connectivity index (χ0v) is 14.5. The van der Waals surface area contributed by atoms with Crippen LogP contribution in [0.15, 0.2) is 11.1 Å². The molecule has 4 N–H and O–H groups in total. The number of hydrogen-bond acceptors (Lipinski definition) is 10. The lowest BCUT2D eigenvalue weighted by Gasteiger charge is -2.40. The van der Waals surface area contributed by atoms with Gasteiger partial charge >= 0.3 is 0 Å². The Balaban J connectivity index is 2.25. The van der Waals surface area contributed by atoms with Gasteiger partial charge in [0.1, 0.15) is 42.0 Å². The lowest BCUT2D eigenvalue weighted by Crippen LogP contribution is -2.57. The summed E-state index contributed by atoms with van der Waals surface area (Å²) in [4.78, 5) is 26.9. The third-order valence-corrected chi connectivity index (χ3v) is 4.36.